The predicted molar refractivity (Wildman–Crippen MR) is 107 cm³/mol. The van der Waals surface area contributed by atoms with E-state index in [-0.39, 0.29) is 12.5 Å². The first kappa shape index (κ1) is 18.8. The molecule has 0 bridgehead atoms. The van der Waals surface area contributed by atoms with Gasteiger partial charge >= 0.3 is 0 Å². The van der Waals surface area contributed by atoms with Crippen LogP contribution in [0.3, 0.4) is 0 Å². The first-order valence-corrected chi connectivity index (χ1v) is 9.35. The van der Waals surface area contributed by atoms with Crippen molar-refractivity contribution in [2.75, 3.05) is 16.8 Å². The normalized spacial score (nSPS) is 20.4. The molecular weight excluding hydrogens is 370 g/mol. The average molecular weight is 391 g/mol. The van der Waals surface area contributed by atoms with Gasteiger partial charge in [-0.3, -0.25) is 19.4 Å². The molecule has 2 heterocycles. The van der Waals surface area contributed by atoms with Crippen LogP contribution in [-0.4, -0.2) is 41.4 Å². The summed E-state index contributed by atoms with van der Waals surface area (Å²) in [6.07, 6.45) is 0. The fraction of sp³-hybridized carbons (Fsp3) is 0.286. The number of imide groups is 1. The molecule has 29 heavy (non-hydrogen) atoms. The summed E-state index contributed by atoms with van der Waals surface area (Å²) in [6, 6.07) is 11.2. The second-order valence-electron chi connectivity index (χ2n) is 7.31. The zero-order valence-corrected chi connectivity index (χ0v) is 16.4. The number of hydrogen-bond donors (Lipinski definition) is 1. The number of carbonyl (C=O) groups excluding carboxylic acids is 3. The van der Waals surface area contributed by atoms with Gasteiger partial charge in [-0.2, -0.15) is 5.11 Å². The monoisotopic (exact) mass is 391 g/mol. The fourth-order valence-corrected chi connectivity index (χ4v) is 3.78. The molecule has 2 aromatic carbocycles. The van der Waals surface area contributed by atoms with Gasteiger partial charge in [0.25, 0.3) is 11.8 Å². The lowest BCUT2D eigenvalue weighted by Crippen LogP contribution is -2.43. The van der Waals surface area contributed by atoms with Crippen molar-refractivity contribution in [3.63, 3.8) is 0 Å². The second-order valence-corrected chi connectivity index (χ2v) is 7.31. The number of amides is 3. The summed E-state index contributed by atoms with van der Waals surface area (Å²) >= 11 is 0. The highest BCUT2D eigenvalue weighted by molar-refractivity contribution is 6.26. The van der Waals surface area contributed by atoms with Crippen molar-refractivity contribution in [1.29, 1.82) is 0 Å². The highest BCUT2D eigenvalue weighted by atomic mass is 16.2. The highest BCUT2D eigenvalue weighted by Gasteiger charge is 2.55. The van der Waals surface area contributed by atoms with Gasteiger partial charge in [0.05, 0.1) is 5.69 Å². The summed E-state index contributed by atoms with van der Waals surface area (Å²) in [7, 11) is 0. The second kappa shape index (κ2) is 7.12. The molecule has 3 amide bonds. The van der Waals surface area contributed by atoms with Crippen molar-refractivity contribution in [2.24, 2.45) is 10.3 Å². The molecule has 2 aromatic rings. The maximum Gasteiger partial charge on any atom is 0.263 e. The van der Waals surface area contributed by atoms with Crippen molar-refractivity contribution in [2.45, 2.75) is 32.9 Å². The minimum Gasteiger partial charge on any atom is -0.324 e. The summed E-state index contributed by atoms with van der Waals surface area (Å²) in [6.45, 7) is 5.43. The molecule has 2 atom stereocenters. The number of nitrogens with zero attached hydrogens (tertiary/aromatic N) is 4. The molecule has 8 heteroatoms. The summed E-state index contributed by atoms with van der Waals surface area (Å²) in [5.41, 5.74) is 3.85. The molecule has 1 saturated heterocycles. The molecule has 1 N–H and O–H groups in total. The van der Waals surface area contributed by atoms with Gasteiger partial charge in [-0.05, 0) is 43.5 Å². The van der Waals surface area contributed by atoms with Crippen LogP contribution in [0.15, 0.2) is 52.8 Å². The van der Waals surface area contributed by atoms with E-state index >= 15 is 0 Å². The van der Waals surface area contributed by atoms with E-state index in [9.17, 15) is 14.4 Å². The van der Waals surface area contributed by atoms with Crippen LogP contribution in [-0.2, 0) is 14.4 Å². The van der Waals surface area contributed by atoms with E-state index in [1.807, 2.05) is 57.2 Å². The standard InChI is InChI=1S/C21H21N5O3/c1-12-7-4-5-10-15(12)22-16(27)11-25-19-17(23-24-25)20(28)26(21(19)29)18-13(2)8-6-9-14(18)3/h4-10,17,19H,11H2,1-3H3,(H,22,27). The Morgan fingerprint density at radius 1 is 0.966 bits per heavy atom. The van der Waals surface area contributed by atoms with Crippen LogP contribution in [0.2, 0.25) is 0 Å². The van der Waals surface area contributed by atoms with E-state index in [0.717, 1.165) is 16.7 Å². The molecule has 4 rings (SSSR count). The molecule has 8 nitrogen and oxygen atoms in total. The van der Waals surface area contributed by atoms with E-state index in [1.54, 1.807) is 6.07 Å². The van der Waals surface area contributed by atoms with Crippen molar-refractivity contribution < 1.29 is 14.4 Å². The van der Waals surface area contributed by atoms with E-state index in [2.05, 4.69) is 15.7 Å². The lowest BCUT2D eigenvalue weighted by Gasteiger charge is -2.22. The molecule has 0 aromatic heterocycles. The Bertz CT molecular complexity index is 1030. The fourth-order valence-electron chi connectivity index (χ4n) is 3.78. The van der Waals surface area contributed by atoms with Crippen molar-refractivity contribution in [3.8, 4) is 0 Å². The largest absolute Gasteiger partial charge is 0.324 e. The molecule has 2 unspecified atom stereocenters. The number of hydrogen-bond acceptors (Lipinski definition) is 6. The minimum absolute atomic E-state index is 0.168. The molecule has 148 valence electrons. The summed E-state index contributed by atoms with van der Waals surface area (Å²) in [5, 5.41) is 12.0. The lowest BCUT2D eigenvalue weighted by molar-refractivity contribution is -0.123. The molecule has 0 radical (unpaired) electrons. The zero-order valence-electron chi connectivity index (χ0n) is 16.4. The minimum atomic E-state index is -0.923. The Balaban J connectivity index is 1.54. The lowest BCUT2D eigenvalue weighted by atomic mass is 10.1. The topological polar surface area (TPSA) is 94.4 Å². The quantitative estimate of drug-likeness (QED) is 0.811. The Morgan fingerprint density at radius 2 is 1.62 bits per heavy atom. The third-order valence-electron chi connectivity index (χ3n) is 5.25. The van der Waals surface area contributed by atoms with Crippen molar-refractivity contribution in [3.05, 3.63) is 59.2 Å². The first-order valence-electron chi connectivity index (χ1n) is 9.35. The number of carbonyl (C=O) groups is 3. The Morgan fingerprint density at radius 3 is 2.31 bits per heavy atom. The highest BCUT2D eigenvalue weighted by Crippen LogP contribution is 2.35. The van der Waals surface area contributed by atoms with Crippen molar-refractivity contribution >= 4 is 29.1 Å². The van der Waals surface area contributed by atoms with Gasteiger partial charge in [0.1, 0.15) is 6.54 Å². The smallest absolute Gasteiger partial charge is 0.263 e. The first-order chi connectivity index (χ1) is 13.9. The summed E-state index contributed by atoms with van der Waals surface area (Å²) < 4.78 is 0. The molecule has 0 saturated carbocycles. The number of aryl methyl sites for hydroxylation is 3. The van der Waals surface area contributed by atoms with Crippen molar-refractivity contribution in [1.82, 2.24) is 5.01 Å². The molecule has 2 aliphatic heterocycles. The number of nitrogens with one attached hydrogen (secondary N) is 1. The molecular formula is C21H21N5O3. The van der Waals surface area contributed by atoms with Crippen LogP contribution in [0, 0.1) is 20.8 Å². The maximum absolute atomic E-state index is 13.1. The van der Waals surface area contributed by atoms with Gasteiger partial charge in [0, 0.05) is 5.69 Å². The molecule has 1 fully saturated rings. The number of para-hydroxylation sites is 2. The average Bonchev–Trinajstić information content (AvgIpc) is 3.18. The van der Waals surface area contributed by atoms with Crippen LogP contribution in [0.25, 0.3) is 0 Å². The number of anilines is 2. The number of fused-ring (bicyclic) bond motifs is 1. The van der Waals surface area contributed by atoms with Gasteiger partial charge in [-0.25, -0.2) is 4.90 Å². The van der Waals surface area contributed by atoms with Gasteiger partial charge in [0.2, 0.25) is 5.91 Å². The maximum atomic E-state index is 13.1. The summed E-state index contributed by atoms with van der Waals surface area (Å²) in [4.78, 5) is 39.7. The Hall–Kier alpha value is -3.55. The van der Waals surface area contributed by atoms with E-state index in [4.69, 9.17) is 0 Å². The van der Waals surface area contributed by atoms with E-state index in [0.29, 0.717) is 11.4 Å². The van der Waals surface area contributed by atoms with E-state index < -0.39 is 23.9 Å². The van der Waals surface area contributed by atoms with Crippen LogP contribution >= 0.6 is 0 Å². The van der Waals surface area contributed by atoms with Gasteiger partial charge in [0.15, 0.2) is 12.1 Å². The molecule has 2 aliphatic rings. The Kier molecular flexibility index (Phi) is 4.62. The van der Waals surface area contributed by atoms with Crippen LogP contribution in [0.5, 0.6) is 0 Å². The number of rotatable bonds is 4. The third kappa shape index (κ3) is 3.16. The van der Waals surface area contributed by atoms with Gasteiger partial charge in [-0.15, -0.1) is 0 Å². The number of benzene rings is 2. The van der Waals surface area contributed by atoms with Gasteiger partial charge < -0.3 is 5.32 Å². The summed E-state index contributed by atoms with van der Waals surface area (Å²) in [5.74, 6) is -1.15. The Labute approximate surface area is 168 Å². The van der Waals surface area contributed by atoms with E-state index in [1.165, 1.54) is 9.91 Å². The van der Waals surface area contributed by atoms with Crippen LogP contribution in [0.1, 0.15) is 16.7 Å². The molecule has 0 aliphatic carbocycles. The predicted octanol–water partition coefficient (Wildman–Crippen LogP) is 2.54. The third-order valence-corrected chi connectivity index (χ3v) is 5.25. The molecule has 0 spiro atoms. The zero-order chi connectivity index (χ0) is 20.7. The van der Waals surface area contributed by atoms with Crippen LogP contribution in [0.4, 0.5) is 11.4 Å². The van der Waals surface area contributed by atoms with Crippen LogP contribution < -0.4 is 10.2 Å². The SMILES string of the molecule is Cc1ccccc1NC(=O)CN1N=NC2C(=O)N(c3c(C)cccc3C)C(=O)C21. The van der Waals surface area contributed by atoms with Gasteiger partial charge in [-0.1, -0.05) is 41.6 Å².